The molecular formula is C25H27NO6. The van der Waals surface area contributed by atoms with Crippen molar-refractivity contribution in [3.8, 4) is 11.1 Å². The Hall–Kier alpha value is -3.35. The predicted octanol–water partition coefficient (Wildman–Crippen LogP) is 3.96. The first-order valence-electron chi connectivity index (χ1n) is 11.0. The molecule has 2 N–H and O–H groups in total. The summed E-state index contributed by atoms with van der Waals surface area (Å²) >= 11 is 0. The monoisotopic (exact) mass is 437 g/mol. The van der Waals surface area contributed by atoms with Crippen LogP contribution in [0.5, 0.6) is 0 Å². The second kappa shape index (κ2) is 9.42. The van der Waals surface area contributed by atoms with Crippen molar-refractivity contribution in [3.63, 3.8) is 0 Å². The number of carbonyl (C=O) groups excluding carboxylic acids is 2. The SMILES string of the molecule is CCOC(=O)C1CC(CC(NC(=O)OCC2c3ccccc3-c3ccccc32)C(=O)O)C1. The molecule has 4 rings (SSSR count). The summed E-state index contributed by atoms with van der Waals surface area (Å²) in [5.41, 5.74) is 4.44. The molecule has 32 heavy (non-hydrogen) atoms. The second-order valence-corrected chi connectivity index (χ2v) is 8.38. The van der Waals surface area contributed by atoms with E-state index >= 15 is 0 Å². The van der Waals surface area contributed by atoms with Gasteiger partial charge in [0.15, 0.2) is 0 Å². The maximum atomic E-state index is 12.4. The van der Waals surface area contributed by atoms with Crippen molar-refractivity contribution in [1.29, 1.82) is 0 Å². The van der Waals surface area contributed by atoms with Crippen LogP contribution < -0.4 is 5.32 Å². The zero-order valence-corrected chi connectivity index (χ0v) is 18.0. The third-order valence-electron chi connectivity index (χ3n) is 6.36. The van der Waals surface area contributed by atoms with E-state index in [1.807, 2.05) is 36.4 Å². The van der Waals surface area contributed by atoms with Gasteiger partial charge in [0.2, 0.25) is 0 Å². The molecule has 7 nitrogen and oxygen atoms in total. The van der Waals surface area contributed by atoms with Crippen molar-refractivity contribution >= 4 is 18.0 Å². The van der Waals surface area contributed by atoms with E-state index in [2.05, 4.69) is 17.4 Å². The lowest BCUT2D eigenvalue weighted by molar-refractivity contribution is -0.153. The van der Waals surface area contributed by atoms with Gasteiger partial charge in [-0.2, -0.15) is 0 Å². The van der Waals surface area contributed by atoms with E-state index in [1.54, 1.807) is 6.92 Å². The molecule has 1 fully saturated rings. The smallest absolute Gasteiger partial charge is 0.407 e. The van der Waals surface area contributed by atoms with Crippen LogP contribution in [0.25, 0.3) is 11.1 Å². The molecule has 0 saturated heterocycles. The van der Waals surface area contributed by atoms with E-state index in [1.165, 1.54) is 0 Å². The number of ether oxygens (including phenoxy) is 2. The Morgan fingerprint density at radius 2 is 1.59 bits per heavy atom. The quantitative estimate of drug-likeness (QED) is 0.606. The summed E-state index contributed by atoms with van der Waals surface area (Å²) in [5.74, 6) is -1.56. The molecule has 2 aliphatic carbocycles. The average Bonchev–Trinajstić information content (AvgIpc) is 3.07. The Balaban J connectivity index is 1.32. The highest BCUT2D eigenvalue weighted by molar-refractivity contribution is 5.81. The van der Waals surface area contributed by atoms with Gasteiger partial charge in [0.1, 0.15) is 12.6 Å². The summed E-state index contributed by atoms with van der Waals surface area (Å²) in [6.45, 7) is 2.22. The number of hydrogen-bond acceptors (Lipinski definition) is 5. The average molecular weight is 437 g/mol. The highest BCUT2D eigenvalue weighted by atomic mass is 16.5. The van der Waals surface area contributed by atoms with Gasteiger partial charge in [0, 0.05) is 5.92 Å². The number of alkyl carbamates (subject to hydrolysis) is 1. The van der Waals surface area contributed by atoms with Crippen LogP contribution in [0, 0.1) is 11.8 Å². The number of hydrogen-bond donors (Lipinski definition) is 2. The zero-order valence-electron chi connectivity index (χ0n) is 18.0. The highest BCUT2D eigenvalue weighted by Gasteiger charge is 2.38. The van der Waals surface area contributed by atoms with Gasteiger partial charge in [-0.25, -0.2) is 9.59 Å². The normalized spacial score (nSPS) is 19.8. The van der Waals surface area contributed by atoms with Gasteiger partial charge in [-0.3, -0.25) is 4.79 Å². The van der Waals surface area contributed by atoms with E-state index < -0.39 is 18.1 Å². The molecule has 2 aliphatic rings. The molecule has 2 aromatic carbocycles. The van der Waals surface area contributed by atoms with Gasteiger partial charge in [-0.15, -0.1) is 0 Å². The van der Waals surface area contributed by atoms with E-state index in [-0.39, 0.29) is 36.8 Å². The van der Waals surface area contributed by atoms with Crippen molar-refractivity contribution in [1.82, 2.24) is 5.32 Å². The molecule has 7 heteroatoms. The molecule has 0 spiro atoms. The first-order chi connectivity index (χ1) is 15.5. The molecule has 0 aromatic heterocycles. The number of esters is 1. The van der Waals surface area contributed by atoms with Crippen LogP contribution in [0.3, 0.4) is 0 Å². The minimum absolute atomic E-state index is 0.0550. The molecule has 1 saturated carbocycles. The second-order valence-electron chi connectivity index (χ2n) is 8.38. The fourth-order valence-corrected chi connectivity index (χ4v) is 4.72. The minimum atomic E-state index is -1.11. The summed E-state index contributed by atoms with van der Waals surface area (Å²) in [7, 11) is 0. The third kappa shape index (κ3) is 4.47. The number of amides is 1. The van der Waals surface area contributed by atoms with Crippen molar-refractivity contribution in [2.75, 3.05) is 13.2 Å². The number of rotatable bonds is 8. The molecule has 168 valence electrons. The molecule has 0 radical (unpaired) electrons. The highest BCUT2D eigenvalue weighted by Crippen LogP contribution is 2.44. The molecule has 1 atom stereocenters. The predicted molar refractivity (Wildman–Crippen MR) is 117 cm³/mol. The number of fused-ring (bicyclic) bond motifs is 3. The van der Waals surface area contributed by atoms with Crippen LogP contribution in [0.15, 0.2) is 48.5 Å². The fraction of sp³-hybridized carbons (Fsp3) is 0.400. The van der Waals surface area contributed by atoms with Crippen LogP contribution in [-0.2, 0) is 19.1 Å². The number of nitrogens with one attached hydrogen (secondary N) is 1. The minimum Gasteiger partial charge on any atom is -0.480 e. The number of aliphatic carboxylic acids is 1. The lowest BCUT2D eigenvalue weighted by Gasteiger charge is -2.34. The largest absolute Gasteiger partial charge is 0.480 e. The van der Waals surface area contributed by atoms with E-state index in [0.29, 0.717) is 19.4 Å². The molecule has 0 aliphatic heterocycles. The van der Waals surface area contributed by atoms with Crippen LogP contribution in [0.1, 0.15) is 43.2 Å². The Morgan fingerprint density at radius 3 is 2.16 bits per heavy atom. The van der Waals surface area contributed by atoms with Crippen LogP contribution >= 0.6 is 0 Å². The van der Waals surface area contributed by atoms with Crippen molar-refractivity contribution in [3.05, 3.63) is 59.7 Å². The molecule has 1 unspecified atom stereocenters. The summed E-state index contributed by atoms with van der Waals surface area (Å²) in [6.07, 6.45) is 0.667. The van der Waals surface area contributed by atoms with Crippen molar-refractivity contribution in [2.45, 2.75) is 38.1 Å². The number of benzene rings is 2. The van der Waals surface area contributed by atoms with Gasteiger partial charge in [0.25, 0.3) is 0 Å². The topological polar surface area (TPSA) is 102 Å². The van der Waals surface area contributed by atoms with Crippen LogP contribution in [0.2, 0.25) is 0 Å². The van der Waals surface area contributed by atoms with E-state index in [0.717, 1.165) is 22.3 Å². The third-order valence-corrected chi connectivity index (χ3v) is 6.36. The lowest BCUT2D eigenvalue weighted by atomic mass is 9.72. The van der Waals surface area contributed by atoms with Gasteiger partial charge in [0.05, 0.1) is 12.5 Å². The first-order valence-corrected chi connectivity index (χ1v) is 11.0. The Kier molecular flexibility index (Phi) is 6.44. The Morgan fingerprint density at radius 1 is 1.00 bits per heavy atom. The molecule has 0 heterocycles. The van der Waals surface area contributed by atoms with Gasteiger partial charge < -0.3 is 19.9 Å². The summed E-state index contributed by atoms with van der Waals surface area (Å²) in [4.78, 5) is 35.8. The van der Waals surface area contributed by atoms with Crippen LogP contribution in [-0.4, -0.2) is 42.4 Å². The molecular weight excluding hydrogens is 410 g/mol. The summed E-state index contributed by atoms with van der Waals surface area (Å²) in [5, 5.41) is 12.0. The summed E-state index contributed by atoms with van der Waals surface area (Å²) < 4.78 is 10.5. The standard InChI is InChI=1S/C25H27NO6/c1-2-31-24(29)16-11-15(12-16)13-22(23(27)28)26-25(30)32-14-21-19-9-5-3-7-17(19)18-8-4-6-10-20(18)21/h3-10,15-16,21-22H,2,11-14H2,1H3,(H,26,30)(H,27,28). The molecule has 2 aromatic rings. The van der Waals surface area contributed by atoms with E-state index in [4.69, 9.17) is 9.47 Å². The zero-order chi connectivity index (χ0) is 22.7. The number of carboxylic acids is 1. The molecule has 1 amide bonds. The fourth-order valence-electron chi connectivity index (χ4n) is 4.72. The summed E-state index contributed by atoms with van der Waals surface area (Å²) in [6, 6.07) is 15.0. The number of carbonyl (C=O) groups is 3. The van der Waals surface area contributed by atoms with Crippen molar-refractivity contribution in [2.24, 2.45) is 11.8 Å². The maximum Gasteiger partial charge on any atom is 0.407 e. The van der Waals surface area contributed by atoms with Crippen LogP contribution in [0.4, 0.5) is 4.79 Å². The van der Waals surface area contributed by atoms with E-state index in [9.17, 15) is 19.5 Å². The first kappa shape index (κ1) is 21.9. The van der Waals surface area contributed by atoms with Gasteiger partial charge in [-0.1, -0.05) is 48.5 Å². The maximum absolute atomic E-state index is 12.4. The Bertz CT molecular complexity index is 967. The molecule has 0 bridgehead atoms. The van der Waals surface area contributed by atoms with Gasteiger partial charge >= 0.3 is 18.0 Å². The van der Waals surface area contributed by atoms with Gasteiger partial charge in [-0.05, 0) is 54.4 Å². The lowest BCUT2D eigenvalue weighted by Crippen LogP contribution is -2.45. The number of carboxylic acid groups (broad SMARTS) is 1. The Labute approximate surface area is 186 Å². The van der Waals surface area contributed by atoms with Crippen molar-refractivity contribution < 1.29 is 29.0 Å².